The first-order valence-corrected chi connectivity index (χ1v) is 6.73. The van der Waals surface area contributed by atoms with Crippen LogP contribution in [0.15, 0.2) is 41.4 Å². The van der Waals surface area contributed by atoms with Crippen molar-refractivity contribution in [1.29, 1.82) is 0 Å². The van der Waals surface area contributed by atoms with Crippen molar-refractivity contribution in [3.05, 3.63) is 42.1 Å². The van der Waals surface area contributed by atoms with Gasteiger partial charge in [0.2, 0.25) is 0 Å². The Kier molecular flexibility index (Phi) is 3.91. The highest BCUT2D eigenvalue weighted by Crippen LogP contribution is 2.25. The highest BCUT2D eigenvalue weighted by atomic mass is 32.2. The molecule has 2 rings (SSSR count). The summed E-state index contributed by atoms with van der Waals surface area (Å²) in [5.74, 6) is -0.725. The van der Waals surface area contributed by atoms with E-state index in [2.05, 4.69) is 10.3 Å². The molecule has 0 fully saturated rings. The molecule has 0 aliphatic carbocycles. The molecular weight excluding hydrogens is 262 g/mol. The van der Waals surface area contributed by atoms with Crippen LogP contribution in [0.2, 0.25) is 0 Å². The molecule has 19 heavy (non-hydrogen) atoms. The van der Waals surface area contributed by atoms with Crippen molar-refractivity contribution in [3.63, 3.8) is 0 Å². The molecular formula is C13H13N3O2S. The molecule has 0 saturated carbocycles. The van der Waals surface area contributed by atoms with Crippen molar-refractivity contribution in [2.24, 2.45) is 0 Å². The van der Waals surface area contributed by atoms with Crippen LogP contribution >= 0.6 is 11.8 Å². The number of aromatic carboxylic acids is 1. The first-order valence-electron chi connectivity index (χ1n) is 5.50. The largest absolute Gasteiger partial charge is 0.478 e. The summed E-state index contributed by atoms with van der Waals surface area (Å²) in [5.41, 5.74) is 6.75. The van der Waals surface area contributed by atoms with E-state index in [0.717, 1.165) is 10.6 Å². The van der Waals surface area contributed by atoms with Crippen molar-refractivity contribution < 1.29 is 9.90 Å². The maximum Gasteiger partial charge on any atom is 0.337 e. The molecule has 5 nitrogen and oxygen atoms in total. The topological polar surface area (TPSA) is 88.2 Å². The summed E-state index contributed by atoms with van der Waals surface area (Å²) >= 11 is 1.65. The van der Waals surface area contributed by atoms with Crippen molar-refractivity contribution in [2.45, 2.75) is 4.90 Å². The number of pyridine rings is 1. The van der Waals surface area contributed by atoms with Gasteiger partial charge in [-0.15, -0.1) is 11.8 Å². The number of nitrogens with zero attached hydrogens (tertiary/aromatic N) is 1. The monoisotopic (exact) mass is 275 g/mol. The molecule has 0 unspecified atom stereocenters. The average Bonchev–Trinajstić information content (AvgIpc) is 2.41. The summed E-state index contributed by atoms with van der Waals surface area (Å²) in [6, 6.07) is 9.08. The molecule has 98 valence electrons. The van der Waals surface area contributed by atoms with Gasteiger partial charge >= 0.3 is 5.97 Å². The summed E-state index contributed by atoms with van der Waals surface area (Å²) in [5, 5.41) is 12.0. The Balaban J connectivity index is 2.27. The van der Waals surface area contributed by atoms with Crippen LogP contribution in [0.3, 0.4) is 0 Å². The van der Waals surface area contributed by atoms with Crippen LogP contribution in [0, 0.1) is 0 Å². The SMILES string of the molecule is CSc1ccc(Nc2nccc(C(=O)O)c2N)cc1. The van der Waals surface area contributed by atoms with E-state index in [9.17, 15) is 4.79 Å². The Morgan fingerprint density at radius 2 is 2.00 bits per heavy atom. The maximum absolute atomic E-state index is 11.0. The quantitative estimate of drug-likeness (QED) is 0.744. The fourth-order valence-corrected chi connectivity index (χ4v) is 1.98. The molecule has 1 aromatic carbocycles. The van der Waals surface area contributed by atoms with Crippen LogP contribution in [0.1, 0.15) is 10.4 Å². The van der Waals surface area contributed by atoms with Gasteiger partial charge in [-0.05, 0) is 36.6 Å². The first-order chi connectivity index (χ1) is 9.11. The maximum atomic E-state index is 11.0. The average molecular weight is 275 g/mol. The number of benzene rings is 1. The zero-order valence-electron chi connectivity index (χ0n) is 10.3. The van der Waals surface area contributed by atoms with E-state index in [-0.39, 0.29) is 11.3 Å². The van der Waals surface area contributed by atoms with Crippen LogP contribution < -0.4 is 11.1 Å². The highest BCUT2D eigenvalue weighted by molar-refractivity contribution is 7.98. The smallest absolute Gasteiger partial charge is 0.337 e. The lowest BCUT2D eigenvalue weighted by Gasteiger charge is -2.10. The minimum atomic E-state index is -1.07. The lowest BCUT2D eigenvalue weighted by atomic mass is 10.2. The van der Waals surface area contributed by atoms with Crippen molar-refractivity contribution in [3.8, 4) is 0 Å². The second-order valence-electron chi connectivity index (χ2n) is 3.78. The van der Waals surface area contributed by atoms with Gasteiger partial charge in [0, 0.05) is 16.8 Å². The van der Waals surface area contributed by atoms with E-state index >= 15 is 0 Å². The van der Waals surface area contributed by atoms with Gasteiger partial charge in [-0.25, -0.2) is 9.78 Å². The number of hydrogen-bond acceptors (Lipinski definition) is 5. The summed E-state index contributed by atoms with van der Waals surface area (Å²) in [7, 11) is 0. The molecule has 0 radical (unpaired) electrons. The molecule has 4 N–H and O–H groups in total. The summed E-state index contributed by atoms with van der Waals surface area (Å²) in [6.07, 6.45) is 3.41. The van der Waals surface area contributed by atoms with Gasteiger partial charge in [0.25, 0.3) is 0 Å². The van der Waals surface area contributed by atoms with Gasteiger partial charge in [0.1, 0.15) is 0 Å². The molecule has 6 heteroatoms. The second kappa shape index (κ2) is 5.62. The Bertz CT molecular complexity index is 599. The van der Waals surface area contributed by atoms with E-state index in [4.69, 9.17) is 10.8 Å². The summed E-state index contributed by atoms with van der Waals surface area (Å²) < 4.78 is 0. The molecule has 2 aromatic rings. The molecule has 0 aliphatic rings. The van der Waals surface area contributed by atoms with Crippen LogP contribution in [0.4, 0.5) is 17.2 Å². The number of carbonyl (C=O) groups is 1. The first kappa shape index (κ1) is 13.2. The van der Waals surface area contributed by atoms with Crippen molar-refractivity contribution >= 4 is 34.9 Å². The van der Waals surface area contributed by atoms with Gasteiger partial charge in [0.15, 0.2) is 5.82 Å². The number of carboxylic acid groups (broad SMARTS) is 1. The molecule has 1 heterocycles. The van der Waals surface area contributed by atoms with E-state index in [1.54, 1.807) is 11.8 Å². The van der Waals surface area contributed by atoms with Crippen LogP contribution in [-0.4, -0.2) is 22.3 Å². The third-order valence-electron chi connectivity index (χ3n) is 2.57. The van der Waals surface area contributed by atoms with Gasteiger partial charge in [-0.2, -0.15) is 0 Å². The summed E-state index contributed by atoms with van der Waals surface area (Å²) in [4.78, 5) is 16.2. The number of hydrogen-bond donors (Lipinski definition) is 3. The predicted molar refractivity (Wildman–Crippen MR) is 77.1 cm³/mol. The minimum absolute atomic E-state index is 0.0400. The van der Waals surface area contributed by atoms with Crippen LogP contribution in [0.25, 0.3) is 0 Å². The number of rotatable bonds is 4. The van der Waals surface area contributed by atoms with E-state index in [0.29, 0.717) is 5.82 Å². The molecule has 1 aromatic heterocycles. The number of nitrogens with one attached hydrogen (secondary N) is 1. The molecule has 0 bridgehead atoms. The fourth-order valence-electron chi connectivity index (χ4n) is 1.57. The summed E-state index contributed by atoms with van der Waals surface area (Å²) in [6.45, 7) is 0. The van der Waals surface area contributed by atoms with E-state index in [1.165, 1.54) is 12.3 Å². The van der Waals surface area contributed by atoms with Crippen molar-refractivity contribution in [1.82, 2.24) is 4.98 Å². The molecule has 0 spiro atoms. The third-order valence-corrected chi connectivity index (χ3v) is 3.32. The van der Waals surface area contributed by atoms with Crippen molar-refractivity contribution in [2.75, 3.05) is 17.3 Å². The lowest BCUT2D eigenvalue weighted by molar-refractivity contribution is 0.0698. The van der Waals surface area contributed by atoms with Gasteiger partial charge in [-0.3, -0.25) is 0 Å². The zero-order chi connectivity index (χ0) is 13.8. The number of nitrogens with two attached hydrogens (primary N) is 1. The van der Waals surface area contributed by atoms with Gasteiger partial charge in [0.05, 0.1) is 11.3 Å². The molecule has 0 aliphatic heterocycles. The van der Waals surface area contributed by atoms with Gasteiger partial charge < -0.3 is 16.2 Å². The third kappa shape index (κ3) is 2.97. The number of nitrogen functional groups attached to an aromatic ring is 1. The zero-order valence-corrected chi connectivity index (χ0v) is 11.1. The van der Waals surface area contributed by atoms with E-state index in [1.807, 2.05) is 30.5 Å². The Morgan fingerprint density at radius 1 is 1.32 bits per heavy atom. The number of carboxylic acids is 1. The normalized spacial score (nSPS) is 10.2. The Morgan fingerprint density at radius 3 is 2.58 bits per heavy atom. The van der Waals surface area contributed by atoms with Crippen LogP contribution in [0.5, 0.6) is 0 Å². The lowest BCUT2D eigenvalue weighted by Crippen LogP contribution is -2.06. The van der Waals surface area contributed by atoms with Crippen LogP contribution in [-0.2, 0) is 0 Å². The Hall–Kier alpha value is -2.21. The highest BCUT2D eigenvalue weighted by Gasteiger charge is 2.12. The number of anilines is 3. The molecule has 0 atom stereocenters. The standard InChI is InChI=1S/C13H13N3O2S/c1-19-9-4-2-8(3-5-9)16-12-11(14)10(13(17)18)6-7-15-12/h2-7H,14H2,1H3,(H,15,16)(H,17,18). The Labute approximate surface area is 114 Å². The molecule has 0 saturated heterocycles. The predicted octanol–water partition coefficient (Wildman–Crippen LogP) is 2.83. The number of aromatic nitrogens is 1. The van der Waals surface area contributed by atoms with Gasteiger partial charge in [-0.1, -0.05) is 0 Å². The number of thioether (sulfide) groups is 1. The second-order valence-corrected chi connectivity index (χ2v) is 4.66. The minimum Gasteiger partial charge on any atom is -0.478 e. The van der Waals surface area contributed by atoms with E-state index < -0.39 is 5.97 Å². The molecule has 0 amide bonds. The fraction of sp³-hybridized carbons (Fsp3) is 0.0769.